The van der Waals surface area contributed by atoms with Crippen LogP contribution in [-0.4, -0.2) is 62.8 Å². The summed E-state index contributed by atoms with van der Waals surface area (Å²) >= 11 is 0. The number of ether oxygens (including phenoxy) is 2. The van der Waals surface area contributed by atoms with Gasteiger partial charge in [-0.2, -0.15) is 0 Å². The Morgan fingerprint density at radius 1 is 1.36 bits per heavy atom. The predicted molar refractivity (Wildman–Crippen MR) is 96.7 cm³/mol. The molecule has 2 saturated heterocycles. The van der Waals surface area contributed by atoms with Gasteiger partial charge < -0.3 is 19.7 Å². The zero-order valence-corrected chi connectivity index (χ0v) is 15.9. The number of likely N-dealkylation sites (tertiary alicyclic amines) is 1. The summed E-state index contributed by atoms with van der Waals surface area (Å²) in [6, 6.07) is 0. The van der Waals surface area contributed by atoms with Crippen molar-refractivity contribution in [3.05, 3.63) is 0 Å². The summed E-state index contributed by atoms with van der Waals surface area (Å²) in [6.45, 7) is 6.19. The van der Waals surface area contributed by atoms with Crippen molar-refractivity contribution >= 4 is 35.9 Å². The van der Waals surface area contributed by atoms with Crippen LogP contribution in [0.5, 0.6) is 0 Å². The third-order valence-electron chi connectivity index (χ3n) is 4.13. The number of hydrogen-bond donors (Lipinski definition) is 1. The molecular formula is C15H28IN3O3. The summed E-state index contributed by atoms with van der Waals surface area (Å²) < 4.78 is 10.4. The predicted octanol–water partition coefficient (Wildman–Crippen LogP) is 1.63. The first-order valence-electron chi connectivity index (χ1n) is 7.97. The molecule has 128 valence electrons. The van der Waals surface area contributed by atoms with E-state index in [-0.39, 0.29) is 42.0 Å². The maximum Gasteiger partial charge on any atom is 0.308 e. The van der Waals surface area contributed by atoms with E-state index < -0.39 is 0 Å². The van der Waals surface area contributed by atoms with Crippen LogP contribution in [-0.2, 0) is 14.3 Å². The second-order valence-electron chi connectivity index (χ2n) is 5.61. The molecule has 2 aliphatic heterocycles. The lowest BCUT2D eigenvalue weighted by Crippen LogP contribution is -2.47. The van der Waals surface area contributed by atoms with Crippen LogP contribution in [0.1, 0.15) is 32.6 Å². The van der Waals surface area contributed by atoms with Gasteiger partial charge in [0.25, 0.3) is 0 Å². The third-order valence-corrected chi connectivity index (χ3v) is 4.13. The van der Waals surface area contributed by atoms with Crippen molar-refractivity contribution in [3.63, 3.8) is 0 Å². The molecule has 1 N–H and O–H groups in total. The van der Waals surface area contributed by atoms with Gasteiger partial charge in [0.2, 0.25) is 0 Å². The van der Waals surface area contributed by atoms with Gasteiger partial charge in [0.15, 0.2) is 5.96 Å². The van der Waals surface area contributed by atoms with Crippen molar-refractivity contribution < 1.29 is 14.3 Å². The summed E-state index contributed by atoms with van der Waals surface area (Å²) in [5, 5.41) is 3.34. The van der Waals surface area contributed by atoms with E-state index in [1.807, 2.05) is 0 Å². The quantitative estimate of drug-likeness (QED) is 0.321. The monoisotopic (exact) mass is 425 g/mol. The normalized spacial score (nSPS) is 23.1. The molecular weight excluding hydrogens is 397 g/mol. The lowest BCUT2D eigenvalue weighted by Gasteiger charge is -2.33. The van der Waals surface area contributed by atoms with Gasteiger partial charge in [-0.3, -0.25) is 9.79 Å². The molecule has 0 spiro atoms. The van der Waals surface area contributed by atoms with Crippen molar-refractivity contribution in [1.82, 2.24) is 10.2 Å². The summed E-state index contributed by atoms with van der Waals surface area (Å²) in [4.78, 5) is 18.5. The number of nitrogens with zero attached hydrogens (tertiary/aromatic N) is 2. The third kappa shape index (κ3) is 5.57. The average Bonchev–Trinajstić information content (AvgIpc) is 3.04. The van der Waals surface area contributed by atoms with Crippen LogP contribution < -0.4 is 5.32 Å². The zero-order chi connectivity index (χ0) is 15.1. The number of hydrogen-bond acceptors (Lipinski definition) is 4. The number of carbonyl (C=O) groups is 1. The minimum atomic E-state index is -0.0871. The lowest BCUT2D eigenvalue weighted by atomic mass is 9.97. The Kier molecular flexibility index (Phi) is 9.08. The van der Waals surface area contributed by atoms with Gasteiger partial charge in [-0.15, -0.1) is 24.0 Å². The molecule has 0 aromatic carbocycles. The van der Waals surface area contributed by atoms with Crippen LogP contribution in [0.4, 0.5) is 0 Å². The van der Waals surface area contributed by atoms with Gasteiger partial charge in [-0.1, -0.05) is 0 Å². The van der Waals surface area contributed by atoms with Gasteiger partial charge in [-0.25, -0.2) is 0 Å². The number of guanidine groups is 1. The Morgan fingerprint density at radius 3 is 2.64 bits per heavy atom. The maximum atomic E-state index is 11.6. The second-order valence-corrected chi connectivity index (χ2v) is 5.61. The zero-order valence-electron chi connectivity index (χ0n) is 13.5. The molecule has 0 aromatic heterocycles. The van der Waals surface area contributed by atoms with Crippen LogP contribution in [0.25, 0.3) is 0 Å². The smallest absolute Gasteiger partial charge is 0.308 e. The molecule has 22 heavy (non-hydrogen) atoms. The van der Waals surface area contributed by atoms with E-state index in [0.29, 0.717) is 0 Å². The standard InChI is InChI=1S/C15H27N3O3.HI/c1-3-16-15(17-11-13-5-4-10-21-13)18-8-6-12(7-9-18)14(19)20-2;/h12-13H,3-11H2,1-2H3,(H,16,17);1H. The number of esters is 1. The van der Waals surface area contributed by atoms with Gasteiger partial charge >= 0.3 is 5.97 Å². The fourth-order valence-electron chi connectivity index (χ4n) is 2.90. The van der Waals surface area contributed by atoms with Crippen LogP contribution in [0.2, 0.25) is 0 Å². The van der Waals surface area contributed by atoms with E-state index in [1.54, 1.807) is 0 Å². The number of halogens is 1. The molecule has 2 fully saturated rings. The van der Waals surface area contributed by atoms with Crippen molar-refractivity contribution in [2.24, 2.45) is 10.9 Å². The maximum absolute atomic E-state index is 11.6. The van der Waals surface area contributed by atoms with Crippen molar-refractivity contribution in [3.8, 4) is 0 Å². The van der Waals surface area contributed by atoms with Crippen LogP contribution in [0.3, 0.4) is 0 Å². The SMILES string of the molecule is CCNC(=NCC1CCCO1)N1CCC(C(=O)OC)CC1.I. The summed E-state index contributed by atoms with van der Waals surface area (Å²) in [5.41, 5.74) is 0. The molecule has 0 aromatic rings. The molecule has 7 heteroatoms. The van der Waals surface area contributed by atoms with E-state index >= 15 is 0 Å². The average molecular weight is 425 g/mol. The molecule has 0 radical (unpaired) electrons. The number of aliphatic imine (C=N–C) groups is 1. The summed E-state index contributed by atoms with van der Waals surface area (Å²) in [6.07, 6.45) is 4.18. The molecule has 6 nitrogen and oxygen atoms in total. The Labute approximate surface area is 150 Å². The first-order chi connectivity index (χ1) is 10.2. The number of piperidine rings is 1. The van der Waals surface area contributed by atoms with Gasteiger partial charge in [-0.05, 0) is 32.6 Å². The van der Waals surface area contributed by atoms with Crippen LogP contribution >= 0.6 is 24.0 Å². The van der Waals surface area contributed by atoms with Crippen LogP contribution in [0, 0.1) is 5.92 Å². The van der Waals surface area contributed by atoms with Gasteiger partial charge in [0, 0.05) is 26.2 Å². The fraction of sp³-hybridized carbons (Fsp3) is 0.867. The first kappa shape index (κ1) is 19.5. The van der Waals surface area contributed by atoms with E-state index in [2.05, 4.69) is 17.1 Å². The first-order valence-corrected chi connectivity index (χ1v) is 7.97. The lowest BCUT2D eigenvalue weighted by molar-refractivity contribution is -0.146. The highest BCUT2D eigenvalue weighted by Crippen LogP contribution is 2.19. The number of carbonyl (C=O) groups excluding carboxylic acids is 1. The Bertz CT molecular complexity index is 365. The summed E-state index contributed by atoms with van der Waals surface area (Å²) in [7, 11) is 1.46. The van der Waals surface area contributed by atoms with Crippen molar-refractivity contribution in [2.45, 2.75) is 38.7 Å². The molecule has 2 aliphatic rings. The largest absolute Gasteiger partial charge is 0.469 e. The Morgan fingerprint density at radius 2 is 2.09 bits per heavy atom. The molecule has 0 bridgehead atoms. The number of rotatable bonds is 4. The highest BCUT2D eigenvalue weighted by molar-refractivity contribution is 14.0. The highest BCUT2D eigenvalue weighted by atomic mass is 127. The van der Waals surface area contributed by atoms with Gasteiger partial charge in [0.1, 0.15) is 0 Å². The summed E-state index contributed by atoms with van der Waals surface area (Å²) in [5.74, 6) is 0.888. The number of methoxy groups -OCH3 is 1. The number of nitrogens with one attached hydrogen (secondary N) is 1. The fourth-order valence-corrected chi connectivity index (χ4v) is 2.90. The molecule has 0 saturated carbocycles. The molecule has 1 unspecified atom stereocenters. The van der Waals surface area contributed by atoms with E-state index in [4.69, 9.17) is 14.5 Å². The Hall–Kier alpha value is -0.570. The van der Waals surface area contributed by atoms with E-state index in [9.17, 15) is 4.79 Å². The molecule has 2 heterocycles. The molecule has 2 rings (SSSR count). The molecule has 0 amide bonds. The molecule has 0 aliphatic carbocycles. The van der Waals surface area contributed by atoms with Crippen molar-refractivity contribution in [2.75, 3.05) is 39.9 Å². The van der Waals surface area contributed by atoms with E-state index in [1.165, 1.54) is 7.11 Å². The topological polar surface area (TPSA) is 63.2 Å². The Balaban J connectivity index is 0.00000242. The van der Waals surface area contributed by atoms with E-state index in [0.717, 1.165) is 64.4 Å². The minimum Gasteiger partial charge on any atom is -0.469 e. The molecule has 1 atom stereocenters. The minimum absolute atomic E-state index is 0. The van der Waals surface area contributed by atoms with Crippen molar-refractivity contribution in [1.29, 1.82) is 0 Å². The van der Waals surface area contributed by atoms with Gasteiger partial charge in [0.05, 0.1) is 25.7 Å². The van der Waals surface area contributed by atoms with Crippen LogP contribution in [0.15, 0.2) is 4.99 Å². The second kappa shape index (κ2) is 10.3. The highest BCUT2D eigenvalue weighted by Gasteiger charge is 2.27.